The minimum atomic E-state index is -0.272. The quantitative estimate of drug-likeness (QED) is 0.599. The van der Waals surface area contributed by atoms with Gasteiger partial charge in [0.05, 0.1) is 17.3 Å². The van der Waals surface area contributed by atoms with E-state index in [0.717, 1.165) is 28.4 Å². The smallest absolute Gasteiger partial charge is 0.255 e. The molecule has 1 aromatic heterocycles. The number of nitrogens with one attached hydrogen (secondary N) is 2. The van der Waals surface area contributed by atoms with E-state index in [4.69, 9.17) is 0 Å². The van der Waals surface area contributed by atoms with Crippen molar-refractivity contribution in [3.8, 4) is 0 Å². The van der Waals surface area contributed by atoms with Crippen molar-refractivity contribution in [2.45, 2.75) is 25.8 Å². The number of aryl methyl sites for hydroxylation is 1. The minimum Gasteiger partial charge on any atom is -0.345 e. The van der Waals surface area contributed by atoms with Gasteiger partial charge in [-0.25, -0.2) is 0 Å². The van der Waals surface area contributed by atoms with Gasteiger partial charge < -0.3 is 10.6 Å². The number of aromatic nitrogens is 1. The molecule has 0 radical (unpaired) electrons. The Morgan fingerprint density at radius 3 is 2.59 bits per heavy atom. The summed E-state index contributed by atoms with van der Waals surface area (Å²) in [6.45, 7) is 1.88. The average Bonchev–Trinajstić information content (AvgIpc) is 3.14. The van der Waals surface area contributed by atoms with Gasteiger partial charge in [0.15, 0.2) is 0 Å². The number of para-hydroxylation sites is 1. The zero-order chi connectivity index (χ0) is 20.4. The molecule has 1 heterocycles. The van der Waals surface area contributed by atoms with Crippen molar-refractivity contribution >= 4 is 33.4 Å². The molecule has 146 valence electrons. The van der Waals surface area contributed by atoms with Crippen LogP contribution in [0.4, 0.5) is 5.69 Å². The summed E-state index contributed by atoms with van der Waals surface area (Å²) in [5.41, 5.74) is 4.69. The van der Waals surface area contributed by atoms with Gasteiger partial charge in [-0.2, -0.15) is 0 Å². The second-order valence-corrected chi connectivity index (χ2v) is 7.91. The fourth-order valence-corrected chi connectivity index (χ4v) is 4.29. The first-order valence-electron chi connectivity index (χ1n) is 9.43. The second-order valence-electron chi connectivity index (χ2n) is 7.06. The summed E-state index contributed by atoms with van der Waals surface area (Å²) in [6.07, 6.45) is 4.90. The number of nitrogens with zero attached hydrogens (tertiary/aromatic N) is 1. The van der Waals surface area contributed by atoms with Crippen molar-refractivity contribution in [2.75, 3.05) is 5.32 Å². The number of anilines is 1. The lowest BCUT2D eigenvalue weighted by Gasteiger charge is -2.18. The predicted molar refractivity (Wildman–Crippen MR) is 116 cm³/mol. The highest BCUT2D eigenvalue weighted by Gasteiger charge is 2.26. The van der Waals surface area contributed by atoms with Crippen LogP contribution < -0.4 is 10.6 Å². The molecule has 0 saturated carbocycles. The molecule has 0 fully saturated rings. The summed E-state index contributed by atoms with van der Waals surface area (Å²) >= 11 is 3.59. The average molecular weight is 450 g/mol. The van der Waals surface area contributed by atoms with E-state index >= 15 is 0 Å². The van der Waals surface area contributed by atoms with E-state index in [2.05, 4.69) is 37.6 Å². The molecule has 0 aliphatic heterocycles. The zero-order valence-corrected chi connectivity index (χ0v) is 17.5. The molecule has 3 aromatic rings. The van der Waals surface area contributed by atoms with Crippen LogP contribution in [-0.4, -0.2) is 16.8 Å². The van der Waals surface area contributed by atoms with E-state index in [1.807, 2.05) is 31.2 Å². The summed E-state index contributed by atoms with van der Waals surface area (Å²) in [6, 6.07) is 14.7. The number of pyridine rings is 1. The van der Waals surface area contributed by atoms with E-state index in [1.165, 1.54) is 5.56 Å². The Bertz CT molecular complexity index is 1080. The monoisotopic (exact) mass is 449 g/mol. The summed E-state index contributed by atoms with van der Waals surface area (Å²) in [5.74, 6) is -0.470. The molecule has 2 aromatic carbocycles. The van der Waals surface area contributed by atoms with Gasteiger partial charge in [-0.05, 0) is 60.7 Å². The van der Waals surface area contributed by atoms with Crippen molar-refractivity contribution in [1.29, 1.82) is 0 Å². The number of rotatable bonds is 4. The molecule has 1 aliphatic rings. The van der Waals surface area contributed by atoms with Crippen LogP contribution in [0.5, 0.6) is 0 Å². The Kier molecular flexibility index (Phi) is 5.45. The zero-order valence-electron chi connectivity index (χ0n) is 15.9. The third-order valence-corrected chi connectivity index (χ3v) is 5.96. The summed E-state index contributed by atoms with van der Waals surface area (Å²) in [4.78, 5) is 29.6. The standard InChI is InChI=1S/C23H20BrN3O2/c1-14-4-2-6-18(21(14)27-22(28)15-10-12-25-13-11-15)23(29)26-20-9-8-16-17(20)5-3-7-19(16)24/h2-7,10-13,20H,8-9H2,1H3,(H,26,29)(H,27,28). The topological polar surface area (TPSA) is 71.1 Å². The normalized spacial score (nSPS) is 14.9. The van der Waals surface area contributed by atoms with E-state index in [0.29, 0.717) is 16.8 Å². The van der Waals surface area contributed by atoms with Crippen molar-refractivity contribution < 1.29 is 9.59 Å². The molecule has 29 heavy (non-hydrogen) atoms. The maximum atomic E-state index is 13.1. The van der Waals surface area contributed by atoms with Crippen LogP contribution in [-0.2, 0) is 6.42 Å². The lowest BCUT2D eigenvalue weighted by atomic mass is 10.0. The molecular formula is C23H20BrN3O2. The van der Waals surface area contributed by atoms with Gasteiger partial charge in [-0.15, -0.1) is 0 Å². The second kappa shape index (κ2) is 8.17. The van der Waals surface area contributed by atoms with E-state index < -0.39 is 0 Å². The molecule has 0 spiro atoms. The van der Waals surface area contributed by atoms with E-state index in [-0.39, 0.29) is 17.9 Å². The third-order valence-electron chi connectivity index (χ3n) is 5.22. The molecule has 0 bridgehead atoms. The van der Waals surface area contributed by atoms with Gasteiger partial charge in [0, 0.05) is 22.4 Å². The number of carbonyl (C=O) groups excluding carboxylic acids is 2. The SMILES string of the molecule is Cc1cccc(C(=O)NC2CCc3c(Br)cccc32)c1NC(=O)c1ccncc1. The Balaban J connectivity index is 1.58. The summed E-state index contributed by atoms with van der Waals surface area (Å²) in [7, 11) is 0. The number of halogens is 1. The molecule has 1 atom stereocenters. The summed E-state index contributed by atoms with van der Waals surface area (Å²) in [5, 5.41) is 6.03. The first kappa shape index (κ1) is 19.3. The van der Waals surface area contributed by atoms with Gasteiger partial charge in [0.2, 0.25) is 0 Å². The Labute approximate surface area is 177 Å². The molecule has 4 rings (SSSR count). The Morgan fingerprint density at radius 1 is 1.03 bits per heavy atom. The summed E-state index contributed by atoms with van der Waals surface area (Å²) < 4.78 is 1.08. The highest BCUT2D eigenvalue weighted by molar-refractivity contribution is 9.10. The minimum absolute atomic E-state index is 0.0424. The molecule has 6 heteroatoms. The van der Waals surface area contributed by atoms with Crippen LogP contribution in [0.25, 0.3) is 0 Å². The van der Waals surface area contributed by atoms with E-state index in [1.54, 1.807) is 30.6 Å². The lowest BCUT2D eigenvalue weighted by Crippen LogP contribution is -2.28. The van der Waals surface area contributed by atoms with Gasteiger partial charge in [0.25, 0.3) is 11.8 Å². The first-order chi connectivity index (χ1) is 14.0. The van der Waals surface area contributed by atoms with Crippen LogP contribution in [0, 0.1) is 6.92 Å². The van der Waals surface area contributed by atoms with Crippen molar-refractivity contribution in [3.63, 3.8) is 0 Å². The van der Waals surface area contributed by atoms with Crippen LogP contribution in [0.2, 0.25) is 0 Å². The van der Waals surface area contributed by atoms with E-state index in [9.17, 15) is 9.59 Å². The van der Waals surface area contributed by atoms with Crippen LogP contribution in [0.1, 0.15) is 49.9 Å². The highest BCUT2D eigenvalue weighted by atomic mass is 79.9. The van der Waals surface area contributed by atoms with Crippen LogP contribution in [0.15, 0.2) is 65.4 Å². The van der Waals surface area contributed by atoms with Gasteiger partial charge >= 0.3 is 0 Å². The molecule has 2 N–H and O–H groups in total. The van der Waals surface area contributed by atoms with Crippen molar-refractivity contribution in [1.82, 2.24) is 10.3 Å². The maximum absolute atomic E-state index is 13.1. The largest absolute Gasteiger partial charge is 0.345 e. The molecule has 1 aliphatic carbocycles. The van der Waals surface area contributed by atoms with Crippen LogP contribution in [0.3, 0.4) is 0 Å². The van der Waals surface area contributed by atoms with Gasteiger partial charge in [0.1, 0.15) is 0 Å². The Morgan fingerprint density at radius 2 is 1.79 bits per heavy atom. The number of hydrogen-bond donors (Lipinski definition) is 2. The van der Waals surface area contributed by atoms with Gasteiger partial charge in [-0.1, -0.05) is 40.2 Å². The predicted octanol–water partition coefficient (Wildman–Crippen LogP) is 4.82. The molecule has 0 saturated heterocycles. The number of carbonyl (C=O) groups is 2. The molecule has 2 amide bonds. The number of hydrogen-bond acceptors (Lipinski definition) is 3. The highest BCUT2D eigenvalue weighted by Crippen LogP contribution is 2.36. The Hall–Kier alpha value is -2.99. The first-order valence-corrected chi connectivity index (χ1v) is 10.2. The van der Waals surface area contributed by atoms with Crippen molar-refractivity contribution in [2.24, 2.45) is 0 Å². The fourth-order valence-electron chi connectivity index (χ4n) is 3.71. The maximum Gasteiger partial charge on any atom is 0.255 e. The number of benzene rings is 2. The number of amides is 2. The number of fused-ring (bicyclic) bond motifs is 1. The van der Waals surface area contributed by atoms with Crippen LogP contribution >= 0.6 is 15.9 Å². The molecule has 5 nitrogen and oxygen atoms in total. The molecular weight excluding hydrogens is 430 g/mol. The van der Waals surface area contributed by atoms with Crippen molar-refractivity contribution in [3.05, 3.63) is 93.2 Å². The lowest BCUT2D eigenvalue weighted by molar-refractivity contribution is 0.0937. The third kappa shape index (κ3) is 3.93. The fraction of sp³-hybridized carbons (Fsp3) is 0.174. The van der Waals surface area contributed by atoms with Gasteiger partial charge in [-0.3, -0.25) is 14.6 Å². The molecule has 1 unspecified atom stereocenters.